The number of anilines is 1. The summed E-state index contributed by atoms with van der Waals surface area (Å²) < 4.78 is 15.9. The molecule has 0 atom stereocenters. The molecule has 0 aliphatic heterocycles. The molecule has 4 aromatic rings. The summed E-state index contributed by atoms with van der Waals surface area (Å²) in [5, 5.41) is 0. The van der Waals surface area contributed by atoms with Gasteiger partial charge in [0.25, 0.3) is 5.65 Å². The van der Waals surface area contributed by atoms with Crippen LogP contribution in [-0.4, -0.2) is 15.0 Å². The van der Waals surface area contributed by atoms with Crippen LogP contribution in [0.15, 0.2) is 61.1 Å². The summed E-state index contributed by atoms with van der Waals surface area (Å²) in [5.41, 5.74) is 9.27. The number of nitrogens with zero attached hydrogens (tertiary/aromatic N) is 3. The number of nitrogens with one attached hydrogen (secondary N) is 1. The van der Waals surface area contributed by atoms with Gasteiger partial charge in [0.1, 0.15) is 12.4 Å². The maximum Gasteiger partial charge on any atom is 0.284 e. The van der Waals surface area contributed by atoms with E-state index in [2.05, 4.69) is 15.0 Å². The number of rotatable bonds is 2. The van der Waals surface area contributed by atoms with Crippen molar-refractivity contribution in [3.8, 4) is 22.5 Å². The second-order valence-corrected chi connectivity index (χ2v) is 5.14. The molecule has 0 fully saturated rings. The van der Waals surface area contributed by atoms with Crippen LogP contribution in [-0.2, 0) is 0 Å². The zero-order chi connectivity index (χ0) is 15.8. The largest absolute Gasteiger partial charge is 0.368 e. The maximum absolute atomic E-state index is 14.1. The number of aromatic amines is 1. The minimum atomic E-state index is -0.516. The van der Waals surface area contributed by atoms with Gasteiger partial charge in [0.05, 0.1) is 6.20 Å². The van der Waals surface area contributed by atoms with E-state index in [0.29, 0.717) is 5.69 Å². The average molecular weight is 306 g/mol. The molecule has 0 saturated heterocycles. The fraction of sp³-hybridized carbons (Fsp3) is 0. The van der Waals surface area contributed by atoms with Gasteiger partial charge in [0, 0.05) is 11.6 Å². The van der Waals surface area contributed by atoms with E-state index >= 15 is 0 Å². The third-order valence-electron chi connectivity index (χ3n) is 3.68. The predicted octanol–water partition coefficient (Wildman–Crippen LogP) is 2.60. The molecular weight excluding hydrogens is 293 g/mol. The number of nitrogens with two attached hydrogens (primary N) is 1. The van der Waals surface area contributed by atoms with E-state index in [0.717, 1.165) is 23.0 Å². The van der Waals surface area contributed by atoms with Crippen molar-refractivity contribution in [1.29, 1.82) is 0 Å². The first kappa shape index (κ1) is 13.4. The van der Waals surface area contributed by atoms with Crippen LogP contribution >= 0.6 is 0 Å². The molecule has 0 unspecified atom stereocenters. The first-order valence-corrected chi connectivity index (χ1v) is 7.09. The topological polar surface area (TPSA) is 71.7 Å². The summed E-state index contributed by atoms with van der Waals surface area (Å²) >= 11 is 0. The van der Waals surface area contributed by atoms with E-state index in [9.17, 15) is 4.39 Å². The summed E-state index contributed by atoms with van der Waals surface area (Å²) in [5.74, 6) is -0.478. The lowest BCUT2D eigenvalue weighted by molar-refractivity contribution is -0.497. The summed E-state index contributed by atoms with van der Waals surface area (Å²) in [7, 11) is 0. The lowest BCUT2D eigenvalue weighted by Gasteiger charge is -2.02. The highest BCUT2D eigenvalue weighted by Crippen LogP contribution is 2.21. The second kappa shape index (κ2) is 5.17. The van der Waals surface area contributed by atoms with Gasteiger partial charge >= 0.3 is 0 Å². The van der Waals surface area contributed by atoms with E-state index in [1.54, 1.807) is 6.20 Å². The average Bonchev–Trinajstić information content (AvgIpc) is 3.01. The highest BCUT2D eigenvalue weighted by molar-refractivity contribution is 5.63. The molecule has 0 spiro atoms. The third kappa shape index (κ3) is 2.30. The Morgan fingerprint density at radius 3 is 2.70 bits per heavy atom. The highest BCUT2D eigenvalue weighted by atomic mass is 19.1. The molecule has 3 aromatic heterocycles. The molecule has 3 N–H and O–H groups in total. The fourth-order valence-electron chi connectivity index (χ4n) is 2.57. The Labute approximate surface area is 131 Å². The van der Waals surface area contributed by atoms with Crippen LogP contribution in [0.2, 0.25) is 0 Å². The normalized spacial score (nSPS) is 11.0. The van der Waals surface area contributed by atoms with Crippen LogP contribution < -0.4 is 10.1 Å². The number of H-pyrrole nitrogens is 1. The summed E-state index contributed by atoms with van der Waals surface area (Å²) in [4.78, 5) is 10.8. The molecule has 0 aliphatic rings. The standard InChI is InChI=1S/C17H12FN5/c18-13-8-21-17(19)22-16(13)14-9-20-15-7-6-12(10-23(14)15)11-4-2-1-3-5-11/h1-10H,(H2,19,21,22)/p+1. The number of hydrogen-bond donors (Lipinski definition) is 2. The van der Waals surface area contributed by atoms with Crippen molar-refractivity contribution in [2.24, 2.45) is 0 Å². The van der Waals surface area contributed by atoms with Crippen LogP contribution in [0.1, 0.15) is 0 Å². The quantitative estimate of drug-likeness (QED) is 0.559. The molecule has 4 rings (SSSR count). The van der Waals surface area contributed by atoms with Crippen molar-refractivity contribution >= 4 is 11.6 Å². The highest BCUT2D eigenvalue weighted by Gasteiger charge is 2.19. The number of halogens is 1. The minimum Gasteiger partial charge on any atom is -0.368 e. The van der Waals surface area contributed by atoms with Gasteiger partial charge < -0.3 is 5.73 Å². The van der Waals surface area contributed by atoms with E-state index in [4.69, 9.17) is 5.73 Å². The molecule has 6 heteroatoms. The Morgan fingerprint density at radius 2 is 1.87 bits per heavy atom. The lowest BCUT2D eigenvalue weighted by Crippen LogP contribution is -2.22. The predicted molar refractivity (Wildman–Crippen MR) is 84.8 cm³/mol. The molecule has 0 bridgehead atoms. The van der Waals surface area contributed by atoms with E-state index in [-0.39, 0.29) is 11.6 Å². The van der Waals surface area contributed by atoms with Gasteiger partial charge in [-0.05, 0) is 11.6 Å². The van der Waals surface area contributed by atoms with Gasteiger partial charge in [-0.1, -0.05) is 30.3 Å². The van der Waals surface area contributed by atoms with Crippen molar-refractivity contribution in [2.75, 3.05) is 5.73 Å². The van der Waals surface area contributed by atoms with Crippen molar-refractivity contribution < 1.29 is 8.79 Å². The zero-order valence-electron chi connectivity index (χ0n) is 12.1. The number of aromatic nitrogens is 4. The van der Waals surface area contributed by atoms with Crippen LogP contribution in [0.25, 0.3) is 28.2 Å². The SMILES string of the molecule is Nc1ncc(F)c(-c2c[nH]c3ccc(-c4ccccc4)c[n+]23)n1. The first-order chi connectivity index (χ1) is 11.2. The van der Waals surface area contributed by atoms with Crippen LogP contribution in [0.3, 0.4) is 0 Å². The van der Waals surface area contributed by atoms with Gasteiger partial charge in [-0.25, -0.2) is 19.3 Å². The molecule has 0 amide bonds. The van der Waals surface area contributed by atoms with E-state index < -0.39 is 5.82 Å². The Hall–Kier alpha value is -3.28. The molecule has 1 aromatic carbocycles. The third-order valence-corrected chi connectivity index (χ3v) is 3.68. The lowest BCUT2D eigenvalue weighted by atomic mass is 10.1. The maximum atomic E-state index is 14.1. The molecule has 5 nitrogen and oxygen atoms in total. The Bertz CT molecular complexity index is 994. The van der Waals surface area contributed by atoms with Crippen molar-refractivity contribution in [3.05, 3.63) is 66.9 Å². The molecular formula is C17H13FN5+. The van der Waals surface area contributed by atoms with Gasteiger partial charge in [0.15, 0.2) is 17.2 Å². The summed E-state index contributed by atoms with van der Waals surface area (Å²) in [6.07, 6.45) is 4.72. The molecule has 3 heterocycles. The second-order valence-electron chi connectivity index (χ2n) is 5.14. The first-order valence-electron chi connectivity index (χ1n) is 7.09. The van der Waals surface area contributed by atoms with Gasteiger partial charge in [-0.15, -0.1) is 0 Å². The Morgan fingerprint density at radius 1 is 1.04 bits per heavy atom. The molecule has 23 heavy (non-hydrogen) atoms. The molecule has 0 radical (unpaired) electrons. The zero-order valence-corrected chi connectivity index (χ0v) is 12.1. The van der Waals surface area contributed by atoms with Crippen molar-refractivity contribution in [2.45, 2.75) is 0 Å². The number of imidazole rings is 1. The van der Waals surface area contributed by atoms with Gasteiger partial charge in [0.2, 0.25) is 5.95 Å². The van der Waals surface area contributed by atoms with E-state index in [1.807, 2.05) is 53.1 Å². The van der Waals surface area contributed by atoms with Crippen molar-refractivity contribution in [1.82, 2.24) is 15.0 Å². The smallest absolute Gasteiger partial charge is 0.284 e. The van der Waals surface area contributed by atoms with Crippen LogP contribution in [0.5, 0.6) is 0 Å². The fourth-order valence-corrected chi connectivity index (χ4v) is 2.57. The van der Waals surface area contributed by atoms with Crippen LogP contribution in [0.4, 0.5) is 10.3 Å². The minimum absolute atomic E-state index is 0.0376. The number of nitrogen functional groups attached to an aromatic ring is 1. The molecule has 0 saturated carbocycles. The number of hydrogen-bond acceptors (Lipinski definition) is 3. The Balaban J connectivity index is 1.93. The van der Waals surface area contributed by atoms with Gasteiger partial charge in [-0.3, -0.25) is 0 Å². The monoisotopic (exact) mass is 306 g/mol. The number of benzene rings is 1. The number of fused-ring (bicyclic) bond motifs is 1. The van der Waals surface area contributed by atoms with E-state index in [1.165, 1.54) is 0 Å². The number of pyridine rings is 1. The molecule has 0 aliphatic carbocycles. The van der Waals surface area contributed by atoms with Crippen molar-refractivity contribution in [3.63, 3.8) is 0 Å². The summed E-state index contributed by atoms with van der Waals surface area (Å²) in [6, 6.07) is 13.9. The van der Waals surface area contributed by atoms with Gasteiger partial charge in [-0.2, -0.15) is 4.40 Å². The molecule has 112 valence electrons. The summed E-state index contributed by atoms with van der Waals surface area (Å²) in [6.45, 7) is 0. The van der Waals surface area contributed by atoms with Crippen LogP contribution in [0, 0.1) is 5.82 Å². The Kier molecular flexibility index (Phi) is 3.01.